The molecule has 4 nitrogen and oxygen atoms in total. The molecule has 0 fully saturated rings. The van der Waals surface area contributed by atoms with E-state index >= 15 is 0 Å². The zero-order chi connectivity index (χ0) is 10.7. The van der Waals surface area contributed by atoms with Gasteiger partial charge in [-0.3, -0.25) is 0 Å². The molecule has 0 spiro atoms. The molecule has 0 atom stereocenters. The van der Waals surface area contributed by atoms with Crippen LogP contribution in [0.1, 0.15) is 11.5 Å². The number of thioether (sulfide) groups is 1. The maximum atomic E-state index is 9.54. The van der Waals surface area contributed by atoms with Crippen LogP contribution in [0.4, 0.5) is 0 Å². The van der Waals surface area contributed by atoms with Crippen molar-refractivity contribution in [2.75, 3.05) is 6.26 Å². The van der Waals surface area contributed by atoms with Crippen molar-refractivity contribution in [2.45, 2.75) is 11.6 Å². The fourth-order valence-corrected chi connectivity index (χ4v) is 1.52. The summed E-state index contributed by atoms with van der Waals surface area (Å²) in [5, 5.41) is 17.8. The third-order valence-electron chi connectivity index (χ3n) is 1.96. The maximum absolute atomic E-state index is 9.54. The Kier molecular flexibility index (Phi) is 2.91. The number of phenolic OH excluding ortho intramolecular Hbond substituents is 1. The molecule has 5 heteroatoms. The summed E-state index contributed by atoms with van der Waals surface area (Å²) in [6.45, 7) is 0. The Morgan fingerprint density at radius 1 is 1.33 bits per heavy atom. The summed E-state index contributed by atoms with van der Waals surface area (Å²) in [5.41, 5.74) is 0.786. The van der Waals surface area contributed by atoms with Gasteiger partial charge >= 0.3 is 0 Å². The smallest absolute Gasteiger partial charge is 0.276 e. The van der Waals surface area contributed by atoms with E-state index in [-0.39, 0.29) is 5.75 Å². The molecule has 0 aliphatic carbocycles. The zero-order valence-electron chi connectivity index (χ0n) is 8.17. The van der Waals surface area contributed by atoms with Crippen molar-refractivity contribution in [1.29, 1.82) is 0 Å². The van der Waals surface area contributed by atoms with Crippen molar-refractivity contribution in [3.05, 3.63) is 35.7 Å². The summed E-state index contributed by atoms with van der Waals surface area (Å²) in [4.78, 5) is 0. The Morgan fingerprint density at radius 2 is 2.13 bits per heavy atom. The number of hydrogen-bond donors (Lipinski definition) is 1. The molecule has 0 amide bonds. The molecule has 0 saturated carbocycles. The van der Waals surface area contributed by atoms with Gasteiger partial charge in [-0.1, -0.05) is 30.0 Å². The van der Waals surface area contributed by atoms with Gasteiger partial charge in [-0.25, -0.2) is 0 Å². The first-order valence-electron chi connectivity index (χ1n) is 4.43. The molecule has 0 aliphatic rings. The molecule has 0 aliphatic heterocycles. The molecular weight excluding hydrogens is 212 g/mol. The van der Waals surface area contributed by atoms with Gasteiger partial charge in [0, 0.05) is 5.56 Å². The van der Waals surface area contributed by atoms with E-state index in [0.29, 0.717) is 17.5 Å². The van der Waals surface area contributed by atoms with Crippen LogP contribution in [0.5, 0.6) is 5.75 Å². The van der Waals surface area contributed by atoms with Gasteiger partial charge in [-0.2, -0.15) is 0 Å². The van der Waals surface area contributed by atoms with Gasteiger partial charge in [0.25, 0.3) is 5.22 Å². The van der Waals surface area contributed by atoms with E-state index in [0.717, 1.165) is 5.56 Å². The van der Waals surface area contributed by atoms with Gasteiger partial charge in [-0.15, -0.1) is 10.2 Å². The van der Waals surface area contributed by atoms with Gasteiger partial charge < -0.3 is 9.52 Å². The van der Waals surface area contributed by atoms with Crippen LogP contribution in [0.2, 0.25) is 0 Å². The van der Waals surface area contributed by atoms with Crippen molar-refractivity contribution in [3.63, 3.8) is 0 Å². The second-order valence-corrected chi connectivity index (χ2v) is 3.73. The summed E-state index contributed by atoms with van der Waals surface area (Å²) in [6, 6.07) is 7.11. The minimum atomic E-state index is 0.251. The first kappa shape index (κ1) is 10.0. The molecule has 1 heterocycles. The molecule has 1 aromatic carbocycles. The predicted molar refractivity (Wildman–Crippen MR) is 57.0 cm³/mol. The van der Waals surface area contributed by atoms with Crippen molar-refractivity contribution >= 4 is 11.8 Å². The lowest BCUT2D eigenvalue weighted by Crippen LogP contribution is -1.88. The van der Waals surface area contributed by atoms with Crippen LogP contribution in [0, 0.1) is 0 Å². The van der Waals surface area contributed by atoms with Gasteiger partial charge in [0.1, 0.15) is 5.75 Å². The van der Waals surface area contributed by atoms with Crippen LogP contribution < -0.4 is 0 Å². The van der Waals surface area contributed by atoms with Gasteiger partial charge in [0.15, 0.2) is 0 Å². The van der Waals surface area contributed by atoms with Gasteiger partial charge in [0.05, 0.1) is 6.42 Å². The number of hydrogen-bond acceptors (Lipinski definition) is 5. The minimum Gasteiger partial charge on any atom is -0.508 e. The lowest BCUT2D eigenvalue weighted by atomic mass is 10.1. The number of phenols is 1. The quantitative estimate of drug-likeness (QED) is 0.806. The molecule has 0 bridgehead atoms. The Hall–Kier alpha value is -1.49. The third-order valence-corrected chi connectivity index (χ3v) is 2.47. The molecular formula is C10H10N2O2S. The fraction of sp³-hybridized carbons (Fsp3) is 0.200. The number of benzene rings is 1. The second kappa shape index (κ2) is 4.35. The first-order valence-corrected chi connectivity index (χ1v) is 5.65. The number of aromatic hydroxyl groups is 1. The summed E-state index contributed by atoms with van der Waals surface area (Å²) in [6.07, 6.45) is 2.33. The van der Waals surface area contributed by atoms with Crippen LogP contribution in [0.15, 0.2) is 33.9 Å². The van der Waals surface area contributed by atoms with E-state index in [2.05, 4.69) is 10.2 Å². The van der Waals surface area contributed by atoms with Gasteiger partial charge in [0.2, 0.25) is 5.89 Å². The number of rotatable bonds is 3. The molecule has 2 rings (SSSR count). The highest BCUT2D eigenvalue weighted by Crippen LogP contribution is 2.20. The van der Waals surface area contributed by atoms with Gasteiger partial charge in [-0.05, 0) is 12.3 Å². The average molecular weight is 222 g/mol. The highest BCUT2D eigenvalue weighted by Gasteiger charge is 2.08. The molecule has 0 saturated heterocycles. The van der Waals surface area contributed by atoms with Crippen molar-refractivity contribution < 1.29 is 9.52 Å². The lowest BCUT2D eigenvalue weighted by Gasteiger charge is -1.99. The van der Waals surface area contributed by atoms with Crippen LogP contribution in [0.25, 0.3) is 0 Å². The predicted octanol–water partition coefficient (Wildman–Crippen LogP) is 2.09. The second-order valence-electron chi connectivity index (χ2n) is 2.97. The van der Waals surface area contributed by atoms with Crippen LogP contribution >= 0.6 is 11.8 Å². The van der Waals surface area contributed by atoms with Crippen molar-refractivity contribution in [3.8, 4) is 5.75 Å². The van der Waals surface area contributed by atoms with E-state index in [1.54, 1.807) is 12.1 Å². The molecule has 0 unspecified atom stereocenters. The van der Waals surface area contributed by atoms with E-state index in [1.807, 2.05) is 18.4 Å². The highest BCUT2D eigenvalue weighted by molar-refractivity contribution is 7.98. The first-order chi connectivity index (χ1) is 7.29. The molecule has 1 N–H and O–H groups in total. The Labute approximate surface area is 91.3 Å². The summed E-state index contributed by atoms with van der Waals surface area (Å²) in [5.74, 6) is 0.766. The molecule has 1 aromatic heterocycles. The third kappa shape index (κ3) is 2.30. The fourth-order valence-electron chi connectivity index (χ4n) is 1.22. The number of aromatic nitrogens is 2. The number of para-hydroxylation sites is 1. The summed E-state index contributed by atoms with van der Waals surface area (Å²) in [7, 11) is 0. The zero-order valence-corrected chi connectivity index (χ0v) is 8.99. The molecule has 15 heavy (non-hydrogen) atoms. The van der Waals surface area contributed by atoms with E-state index < -0.39 is 0 Å². The molecule has 2 aromatic rings. The Morgan fingerprint density at radius 3 is 2.80 bits per heavy atom. The summed E-state index contributed by atoms with van der Waals surface area (Å²) >= 11 is 1.40. The van der Waals surface area contributed by atoms with E-state index in [4.69, 9.17) is 4.42 Å². The highest BCUT2D eigenvalue weighted by atomic mass is 32.2. The van der Waals surface area contributed by atoms with Crippen LogP contribution in [-0.4, -0.2) is 21.6 Å². The van der Waals surface area contributed by atoms with Crippen LogP contribution in [-0.2, 0) is 6.42 Å². The Bertz CT molecular complexity index is 456. The molecule has 0 radical (unpaired) electrons. The standard InChI is InChI=1S/C10H10N2O2S/c1-15-10-12-11-9(14-10)6-7-4-2-3-5-8(7)13/h2-5,13H,6H2,1H3. The largest absolute Gasteiger partial charge is 0.508 e. The van der Waals surface area contributed by atoms with Crippen molar-refractivity contribution in [2.24, 2.45) is 0 Å². The maximum Gasteiger partial charge on any atom is 0.276 e. The topological polar surface area (TPSA) is 59.2 Å². The van der Waals surface area contributed by atoms with E-state index in [1.165, 1.54) is 11.8 Å². The lowest BCUT2D eigenvalue weighted by molar-refractivity contribution is 0.416. The van der Waals surface area contributed by atoms with E-state index in [9.17, 15) is 5.11 Å². The number of nitrogens with zero attached hydrogens (tertiary/aromatic N) is 2. The Balaban J connectivity index is 2.18. The molecule has 78 valence electrons. The SMILES string of the molecule is CSc1nnc(Cc2ccccc2O)o1. The monoisotopic (exact) mass is 222 g/mol. The minimum absolute atomic E-state index is 0.251. The van der Waals surface area contributed by atoms with Crippen molar-refractivity contribution in [1.82, 2.24) is 10.2 Å². The summed E-state index contributed by atoms with van der Waals surface area (Å²) < 4.78 is 5.32. The average Bonchev–Trinajstić information content (AvgIpc) is 2.69. The normalized spacial score (nSPS) is 10.5. The van der Waals surface area contributed by atoms with Crippen LogP contribution in [0.3, 0.4) is 0 Å².